The Morgan fingerprint density at radius 1 is 1.12 bits per heavy atom. The van der Waals surface area contributed by atoms with Gasteiger partial charge in [0.05, 0.1) is 0 Å². The van der Waals surface area contributed by atoms with Crippen LogP contribution in [0, 0.1) is 6.92 Å². The number of hydrogen-bond donors (Lipinski definition) is 1. The molecule has 0 radical (unpaired) electrons. The summed E-state index contributed by atoms with van der Waals surface area (Å²) in [6.45, 7) is 9.48. The van der Waals surface area contributed by atoms with Gasteiger partial charge in [0.1, 0.15) is 11.4 Å². The molecule has 3 aromatic rings. The molecule has 1 saturated heterocycles. The predicted octanol–water partition coefficient (Wildman–Crippen LogP) is 4.52. The minimum atomic E-state index is -0.0960. The van der Waals surface area contributed by atoms with Crippen LogP contribution in [0.25, 0.3) is 11.1 Å². The Hall–Kier alpha value is -2.99. The predicted molar refractivity (Wildman–Crippen MR) is 127 cm³/mol. The molecular formula is C26H31N5O. The number of ether oxygens (including phenoxy) is 1. The third-order valence-corrected chi connectivity index (χ3v) is 6.44. The van der Waals surface area contributed by atoms with E-state index in [4.69, 9.17) is 15.5 Å². The third-order valence-electron chi connectivity index (χ3n) is 6.44. The molecule has 1 atom stereocenters. The fourth-order valence-electron chi connectivity index (χ4n) is 5.02. The summed E-state index contributed by atoms with van der Waals surface area (Å²) in [6.07, 6.45) is 6.89. The molecule has 5 rings (SSSR count). The summed E-state index contributed by atoms with van der Waals surface area (Å²) < 4.78 is 6.04. The number of hydrogen-bond acceptors (Lipinski definition) is 6. The van der Waals surface area contributed by atoms with Crippen molar-refractivity contribution in [2.75, 3.05) is 18.8 Å². The van der Waals surface area contributed by atoms with E-state index >= 15 is 0 Å². The van der Waals surface area contributed by atoms with Gasteiger partial charge in [-0.05, 0) is 75.0 Å². The van der Waals surface area contributed by atoms with Crippen LogP contribution in [0.15, 0.2) is 42.7 Å². The fourth-order valence-corrected chi connectivity index (χ4v) is 5.02. The molecule has 1 unspecified atom stereocenters. The molecule has 0 saturated carbocycles. The largest absolute Gasteiger partial charge is 0.487 e. The average Bonchev–Trinajstić information content (AvgIpc) is 3.07. The van der Waals surface area contributed by atoms with E-state index in [9.17, 15) is 0 Å². The molecule has 6 heteroatoms. The lowest BCUT2D eigenvalue weighted by atomic mass is 9.92. The van der Waals surface area contributed by atoms with E-state index in [1.807, 2.05) is 0 Å². The van der Waals surface area contributed by atoms with Gasteiger partial charge in [-0.15, -0.1) is 0 Å². The maximum Gasteiger partial charge on any atom is 0.219 e. The number of nitrogens with two attached hydrogens (primary N) is 1. The topological polar surface area (TPSA) is 77.2 Å². The first kappa shape index (κ1) is 20.9. The van der Waals surface area contributed by atoms with E-state index in [-0.39, 0.29) is 5.60 Å². The van der Waals surface area contributed by atoms with Crippen LogP contribution in [-0.4, -0.2) is 38.5 Å². The second-order valence-corrected chi connectivity index (χ2v) is 9.81. The van der Waals surface area contributed by atoms with Gasteiger partial charge in [0, 0.05) is 54.8 Å². The number of fused-ring (bicyclic) bond motifs is 1. The number of piperidine rings is 1. The Bertz CT molecular complexity index is 1130. The third kappa shape index (κ3) is 4.46. The number of aryl methyl sites for hydroxylation is 1. The number of benzene rings is 1. The maximum absolute atomic E-state index is 6.04. The molecule has 2 aliphatic rings. The molecule has 1 aromatic carbocycles. The Balaban J connectivity index is 1.32. The van der Waals surface area contributed by atoms with Crippen molar-refractivity contribution in [3.05, 3.63) is 65.2 Å². The molecule has 0 spiro atoms. The van der Waals surface area contributed by atoms with Crippen LogP contribution in [0.2, 0.25) is 0 Å². The summed E-state index contributed by atoms with van der Waals surface area (Å²) in [7, 11) is 0. The Morgan fingerprint density at radius 3 is 2.75 bits per heavy atom. The number of nitrogens with zero attached hydrogens (tertiary/aromatic N) is 4. The van der Waals surface area contributed by atoms with Crippen LogP contribution in [0.5, 0.6) is 5.75 Å². The SMILES string of the molecule is Cc1cc(-c2cnc(N)nc2)cc(C2CCCN(Cc3ccc4c(c3)CC(C)(C)O4)C2)n1. The van der Waals surface area contributed by atoms with Crippen LogP contribution >= 0.6 is 0 Å². The first-order valence-electron chi connectivity index (χ1n) is 11.4. The van der Waals surface area contributed by atoms with Gasteiger partial charge in [-0.25, -0.2) is 9.97 Å². The number of aromatic nitrogens is 3. The zero-order valence-corrected chi connectivity index (χ0v) is 19.1. The van der Waals surface area contributed by atoms with Crippen LogP contribution in [0.1, 0.15) is 55.1 Å². The summed E-state index contributed by atoms with van der Waals surface area (Å²) >= 11 is 0. The zero-order valence-electron chi connectivity index (χ0n) is 19.1. The Kier molecular flexibility index (Phi) is 5.33. The lowest BCUT2D eigenvalue weighted by Crippen LogP contribution is -2.34. The van der Waals surface area contributed by atoms with Crippen molar-refractivity contribution < 1.29 is 4.74 Å². The van der Waals surface area contributed by atoms with E-state index in [2.05, 4.69) is 66.0 Å². The van der Waals surface area contributed by atoms with Crippen LogP contribution in [0.4, 0.5) is 5.95 Å². The fraction of sp³-hybridized carbons (Fsp3) is 0.423. The number of pyridine rings is 1. The summed E-state index contributed by atoms with van der Waals surface area (Å²) in [5.74, 6) is 1.76. The smallest absolute Gasteiger partial charge is 0.219 e. The zero-order chi connectivity index (χ0) is 22.3. The highest BCUT2D eigenvalue weighted by Crippen LogP contribution is 2.36. The summed E-state index contributed by atoms with van der Waals surface area (Å²) in [6, 6.07) is 11.0. The van der Waals surface area contributed by atoms with Crippen molar-refractivity contribution in [3.63, 3.8) is 0 Å². The maximum atomic E-state index is 6.04. The highest BCUT2D eigenvalue weighted by molar-refractivity contribution is 5.63. The molecule has 166 valence electrons. The highest BCUT2D eigenvalue weighted by Gasteiger charge is 2.30. The van der Waals surface area contributed by atoms with Gasteiger partial charge >= 0.3 is 0 Å². The number of likely N-dealkylation sites (tertiary alicyclic amines) is 1. The number of anilines is 1. The van der Waals surface area contributed by atoms with Crippen LogP contribution in [-0.2, 0) is 13.0 Å². The van der Waals surface area contributed by atoms with E-state index in [0.717, 1.165) is 60.7 Å². The van der Waals surface area contributed by atoms with Gasteiger partial charge < -0.3 is 10.5 Å². The molecule has 0 bridgehead atoms. The van der Waals surface area contributed by atoms with Gasteiger partial charge in [-0.1, -0.05) is 12.1 Å². The highest BCUT2D eigenvalue weighted by atomic mass is 16.5. The van der Waals surface area contributed by atoms with Crippen molar-refractivity contribution in [2.45, 2.75) is 58.1 Å². The van der Waals surface area contributed by atoms with Gasteiger partial charge in [-0.3, -0.25) is 9.88 Å². The van der Waals surface area contributed by atoms with E-state index < -0.39 is 0 Å². The summed E-state index contributed by atoms with van der Waals surface area (Å²) in [4.78, 5) is 15.8. The first-order valence-corrected chi connectivity index (χ1v) is 11.4. The molecule has 0 aliphatic carbocycles. The molecule has 4 heterocycles. The molecule has 2 aliphatic heterocycles. The van der Waals surface area contributed by atoms with E-state index in [1.54, 1.807) is 12.4 Å². The van der Waals surface area contributed by atoms with E-state index in [0.29, 0.717) is 11.9 Å². The molecule has 6 nitrogen and oxygen atoms in total. The van der Waals surface area contributed by atoms with Gasteiger partial charge in [0.2, 0.25) is 5.95 Å². The average molecular weight is 430 g/mol. The van der Waals surface area contributed by atoms with Crippen molar-refractivity contribution in [1.82, 2.24) is 19.9 Å². The minimum Gasteiger partial charge on any atom is -0.487 e. The minimum absolute atomic E-state index is 0.0960. The summed E-state index contributed by atoms with van der Waals surface area (Å²) in [5.41, 5.74) is 12.5. The molecular weight excluding hydrogens is 398 g/mol. The second-order valence-electron chi connectivity index (χ2n) is 9.81. The van der Waals surface area contributed by atoms with Crippen molar-refractivity contribution in [2.24, 2.45) is 0 Å². The Labute approximate surface area is 189 Å². The van der Waals surface area contributed by atoms with Crippen LogP contribution in [0.3, 0.4) is 0 Å². The lowest BCUT2D eigenvalue weighted by Gasteiger charge is -2.33. The lowest BCUT2D eigenvalue weighted by molar-refractivity contribution is 0.138. The number of nitrogen functional groups attached to an aromatic ring is 1. The molecule has 2 aromatic heterocycles. The first-order chi connectivity index (χ1) is 15.3. The second kappa shape index (κ2) is 8.17. The normalized spacial score (nSPS) is 20.0. The van der Waals surface area contributed by atoms with Crippen molar-refractivity contribution >= 4 is 5.95 Å². The van der Waals surface area contributed by atoms with Gasteiger partial charge in [-0.2, -0.15) is 0 Å². The molecule has 32 heavy (non-hydrogen) atoms. The Morgan fingerprint density at radius 2 is 1.94 bits per heavy atom. The number of rotatable bonds is 4. The molecule has 1 fully saturated rings. The van der Waals surface area contributed by atoms with Gasteiger partial charge in [0.25, 0.3) is 0 Å². The molecule has 2 N–H and O–H groups in total. The van der Waals surface area contributed by atoms with E-state index in [1.165, 1.54) is 17.5 Å². The van der Waals surface area contributed by atoms with Gasteiger partial charge in [0.15, 0.2) is 0 Å². The van der Waals surface area contributed by atoms with Crippen molar-refractivity contribution in [3.8, 4) is 16.9 Å². The van der Waals surface area contributed by atoms with Crippen LogP contribution < -0.4 is 10.5 Å². The monoisotopic (exact) mass is 429 g/mol. The summed E-state index contributed by atoms with van der Waals surface area (Å²) in [5, 5.41) is 0. The quantitative estimate of drug-likeness (QED) is 0.657. The standard InChI is InChI=1S/C26H31N5O/c1-17-9-20(22-13-28-25(27)29-14-22)11-23(30-17)19-5-4-8-31(16-19)15-18-6-7-24-21(10-18)12-26(2,3)32-24/h6-7,9-11,13-14,19H,4-5,8,12,15-16H2,1-3H3,(H2,27,28,29). The van der Waals surface area contributed by atoms with Crippen molar-refractivity contribution in [1.29, 1.82) is 0 Å². The molecule has 0 amide bonds.